The van der Waals surface area contributed by atoms with Crippen LogP contribution in [0, 0.1) is 10.1 Å². The number of hydrogen-bond donors (Lipinski definition) is 1. The first-order valence-corrected chi connectivity index (χ1v) is 7.56. The topological polar surface area (TPSA) is 98.3 Å². The van der Waals surface area contributed by atoms with Gasteiger partial charge in [-0.2, -0.15) is 0 Å². The molecule has 1 fully saturated rings. The highest BCUT2D eigenvalue weighted by molar-refractivity contribution is 6.05. The van der Waals surface area contributed by atoms with E-state index in [2.05, 4.69) is 10.3 Å². The molecule has 3 aromatic rings. The zero-order valence-corrected chi connectivity index (χ0v) is 12.6. The van der Waals surface area contributed by atoms with Gasteiger partial charge in [-0.15, -0.1) is 0 Å². The molecule has 0 saturated heterocycles. The van der Waals surface area contributed by atoms with Crippen molar-refractivity contribution >= 4 is 28.4 Å². The molecule has 4 rings (SSSR count). The third-order valence-electron chi connectivity index (χ3n) is 3.91. The van der Waals surface area contributed by atoms with Crippen LogP contribution < -0.4 is 5.32 Å². The maximum atomic E-state index is 12.3. The molecule has 1 N–H and O–H groups in total. The highest BCUT2D eigenvalue weighted by Crippen LogP contribution is 2.40. The lowest BCUT2D eigenvalue weighted by Gasteiger charge is -2.04. The van der Waals surface area contributed by atoms with Gasteiger partial charge < -0.3 is 9.73 Å². The molecule has 1 aromatic heterocycles. The monoisotopic (exact) mass is 323 g/mol. The average molecular weight is 323 g/mol. The van der Waals surface area contributed by atoms with Crippen LogP contribution >= 0.6 is 0 Å². The third-order valence-corrected chi connectivity index (χ3v) is 3.91. The summed E-state index contributed by atoms with van der Waals surface area (Å²) in [5.41, 5.74) is 2.04. The summed E-state index contributed by atoms with van der Waals surface area (Å²) in [6.07, 6.45) is 2.20. The SMILES string of the molecule is O=C(Nc1ccc2oc(C3CC3)nc2c1)c1cccc([N+](=O)[O-])c1. The Bertz CT molecular complexity index is 959. The molecular weight excluding hydrogens is 310 g/mol. The lowest BCUT2D eigenvalue weighted by molar-refractivity contribution is -0.384. The van der Waals surface area contributed by atoms with Crippen LogP contribution in [0.5, 0.6) is 0 Å². The van der Waals surface area contributed by atoms with Crippen molar-refractivity contribution in [2.45, 2.75) is 18.8 Å². The van der Waals surface area contributed by atoms with Gasteiger partial charge in [-0.1, -0.05) is 6.07 Å². The second kappa shape index (κ2) is 5.45. The Morgan fingerprint density at radius 1 is 1.25 bits per heavy atom. The quantitative estimate of drug-likeness (QED) is 0.580. The first-order valence-electron chi connectivity index (χ1n) is 7.56. The predicted molar refractivity (Wildman–Crippen MR) is 87.0 cm³/mol. The molecule has 1 aliphatic rings. The number of rotatable bonds is 4. The number of amides is 1. The van der Waals surface area contributed by atoms with Gasteiger partial charge in [0.05, 0.1) is 4.92 Å². The van der Waals surface area contributed by atoms with E-state index >= 15 is 0 Å². The molecule has 0 spiro atoms. The van der Waals surface area contributed by atoms with Crippen LogP contribution in [-0.4, -0.2) is 15.8 Å². The predicted octanol–water partition coefficient (Wildman–Crippen LogP) is 3.87. The van der Waals surface area contributed by atoms with Crippen LogP contribution in [0.4, 0.5) is 11.4 Å². The molecule has 0 radical (unpaired) electrons. The van der Waals surface area contributed by atoms with Gasteiger partial charge in [0.2, 0.25) is 0 Å². The molecule has 1 saturated carbocycles. The molecule has 24 heavy (non-hydrogen) atoms. The van der Waals surface area contributed by atoms with Crippen molar-refractivity contribution in [1.82, 2.24) is 4.98 Å². The van der Waals surface area contributed by atoms with E-state index in [1.165, 1.54) is 24.3 Å². The van der Waals surface area contributed by atoms with E-state index in [1.54, 1.807) is 18.2 Å². The van der Waals surface area contributed by atoms with Crippen LogP contribution in [0.2, 0.25) is 0 Å². The van der Waals surface area contributed by atoms with Gasteiger partial charge >= 0.3 is 0 Å². The van der Waals surface area contributed by atoms with Crippen LogP contribution in [0.25, 0.3) is 11.1 Å². The number of fused-ring (bicyclic) bond motifs is 1. The third kappa shape index (κ3) is 2.71. The maximum absolute atomic E-state index is 12.3. The summed E-state index contributed by atoms with van der Waals surface area (Å²) in [7, 11) is 0. The molecule has 0 bridgehead atoms. The van der Waals surface area contributed by atoms with Crippen LogP contribution in [0.1, 0.15) is 35.0 Å². The Morgan fingerprint density at radius 2 is 2.08 bits per heavy atom. The summed E-state index contributed by atoms with van der Waals surface area (Å²) >= 11 is 0. The number of nitro benzene ring substituents is 1. The first kappa shape index (κ1) is 14.4. The fraction of sp³-hybridized carbons (Fsp3) is 0.176. The summed E-state index contributed by atoms with van der Waals surface area (Å²) < 4.78 is 5.68. The van der Waals surface area contributed by atoms with Crippen molar-refractivity contribution in [3.63, 3.8) is 0 Å². The maximum Gasteiger partial charge on any atom is 0.270 e. The van der Waals surface area contributed by atoms with Gasteiger partial charge in [0.15, 0.2) is 11.5 Å². The number of benzene rings is 2. The number of nitro groups is 1. The van der Waals surface area contributed by atoms with Crippen LogP contribution in [0.3, 0.4) is 0 Å². The van der Waals surface area contributed by atoms with Crippen molar-refractivity contribution in [2.75, 3.05) is 5.32 Å². The number of hydrogen-bond acceptors (Lipinski definition) is 5. The Hall–Kier alpha value is -3.22. The molecule has 2 aromatic carbocycles. The number of carbonyl (C=O) groups is 1. The Morgan fingerprint density at radius 3 is 2.83 bits per heavy atom. The summed E-state index contributed by atoms with van der Waals surface area (Å²) in [5.74, 6) is 0.747. The standard InChI is InChI=1S/C17H13N3O4/c21-16(11-2-1-3-13(8-11)20(22)23)18-12-6-7-15-14(9-12)19-17(24-15)10-4-5-10/h1-3,6-10H,4-5H2,(H,18,21). The lowest BCUT2D eigenvalue weighted by Crippen LogP contribution is -2.12. The highest BCUT2D eigenvalue weighted by Gasteiger charge is 2.28. The van der Waals surface area contributed by atoms with Crippen LogP contribution in [-0.2, 0) is 0 Å². The van der Waals surface area contributed by atoms with Crippen molar-refractivity contribution in [1.29, 1.82) is 0 Å². The van der Waals surface area contributed by atoms with Gasteiger partial charge in [0.25, 0.3) is 11.6 Å². The van der Waals surface area contributed by atoms with Gasteiger partial charge in [0, 0.05) is 29.3 Å². The number of anilines is 1. The molecule has 1 aliphatic carbocycles. The van der Waals surface area contributed by atoms with E-state index in [1.807, 2.05) is 0 Å². The van der Waals surface area contributed by atoms with E-state index < -0.39 is 10.8 Å². The number of aromatic nitrogens is 1. The van der Waals surface area contributed by atoms with E-state index in [4.69, 9.17) is 4.42 Å². The van der Waals surface area contributed by atoms with Crippen molar-refractivity contribution in [3.8, 4) is 0 Å². The van der Waals surface area contributed by atoms with E-state index in [0.717, 1.165) is 18.7 Å². The smallest absolute Gasteiger partial charge is 0.270 e. The zero-order chi connectivity index (χ0) is 16.7. The fourth-order valence-electron chi connectivity index (χ4n) is 2.49. The van der Waals surface area contributed by atoms with Crippen LogP contribution in [0.15, 0.2) is 46.9 Å². The largest absolute Gasteiger partial charge is 0.440 e. The normalized spacial score (nSPS) is 13.8. The number of nitrogens with zero attached hydrogens (tertiary/aromatic N) is 2. The molecular formula is C17H13N3O4. The number of nitrogens with one attached hydrogen (secondary N) is 1. The zero-order valence-electron chi connectivity index (χ0n) is 12.6. The molecule has 0 unspecified atom stereocenters. The molecule has 1 heterocycles. The highest BCUT2D eigenvalue weighted by atomic mass is 16.6. The van der Waals surface area contributed by atoms with Crippen molar-refractivity contribution in [3.05, 3.63) is 64.0 Å². The second-order valence-electron chi connectivity index (χ2n) is 5.77. The molecule has 0 aliphatic heterocycles. The molecule has 120 valence electrons. The average Bonchev–Trinajstić information content (AvgIpc) is 3.34. The summed E-state index contributed by atoms with van der Waals surface area (Å²) in [4.78, 5) is 27.0. The van der Waals surface area contributed by atoms with Gasteiger partial charge in [-0.3, -0.25) is 14.9 Å². The summed E-state index contributed by atoms with van der Waals surface area (Å²) in [6, 6.07) is 10.8. The van der Waals surface area contributed by atoms with E-state index in [0.29, 0.717) is 22.7 Å². The Labute approximate surface area is 136 Å². The minimum absolute atomic E-state index is 0.122. The van der Waals surface area contributed by atoms with E-state index in [9.17, 15) is 14.9 Å². The van der Waals surface area contributed by atoms with Gasteiger partial charge in [0.1, 0.15) is 5.52 Å². The van der Waals surface area contributed by atoms with Gasteiger partial charge in [-0.25, -0.2) is 4.98 Å². The lowest BCUT2D eigenvalue weighted by atomic mass is 10.2. The molecule has 7 nitrogen and oxygen atoms in total. The van der Waals surface area contributed by atoms with E-state index in [-0.39, 0.29) is 11.3 Å². The number of oxazole rings is 1. The minimum atomic E-state index is -0.530. The second-order valence-corrected chi connectivity index (χ2v) is 5.77. The van der Waals surface area contributed by atoms with Gasteiger partial charge in [-0.05, 0) is 37.1 Å². The Balaban J connectivity index is 1.57. The van der Waals surface area contributed by atoms with Crippen molar-refractivity contribution in [2.24, 2.45) is 0 Å². The van der Waals surface area contributed by atoms with Crippen molar-refractivity contribution < 1.29 is 14.1 Å². The number of carbonyl (C=O) groups excluding carboxylic acids is 1. The summed E-state index contributed by atoms with van der Waals surface area (Å²) in [6.45, 7) is 0. The molecule has 7 heteroatoms. The fourth-order valence-corrected chi connectivity index (χ4v) is 2.49. The minimum Gasteiger partial charge on any atom is -0.440 e. The summed E-state index contributed by atoms with van der Waals surface area (Å²) in [5, 5.41) is 13.5. The first-order chi connectivity index (χ1) is 11.6. The number of non-ortho nitro benzene ring substituents is 1. The molecule has 1 amide bonds. The molecule has 0 atom stereocenters. The Kier molecular flexibility index (Phi) is 3.26.